The molecule has 1 aromatic carbocycles. The van der Waals surface area contributed by atoms with Crippen molar-refractivity contribution in [1.82, 2.24) is 5.32 Å². The van der Waals surface area contributed by atoms with Crippen LogP contribution in [0.3, 0.4) is 0 Å². The summed E-state index contributed by atoms with van der Waals surface area (Å²) in [7, 11) is 0. The van der Waals surface area contributed by atoms with Gasteiger partial charge >= 0.3 is 5.97 Å². The summed E-state index contributed by atoms with van der Waals surface area (Å²) in [6.45, 7) is 7.48. The van der Waals surface area contributed by atoms with Crippen LogP contribution in [0, 0.1) is 19.8 Å². The predicted molar refractivity (Wildman–Crippen MR) is 96.5 cm³/mol. The number of ether oxygens (including phenoxy) is 2. The number of carbonyl (C=O) groups excluding carboxylic acids is 2. The zero-order chi connectivity index (χ0) is 18.4. The van der Waals surface area contributed by atoms with E-state index in [4.69, 9.17) is 9.47 Å². The Bertz CT molecular complexity index is 593. The molecule has 0 aliphatic heterocycles. The van der Waals surface area contributed by atoms with Gasteiger partial charge in [-0.1, -0.05) is 25.8 Å². The van der Waals surface area contributed by atoms with E-state index < -0.39 is 12.1 Å². The molecule has 1 amide bonds. The molecule has 5 heteroatoms. The Hall–Kier alpha value is -2.04. The Kier molecular flexibility index (Phi) is 6.85. The van der Waals surface area contributed by atoms with Crippen molar-refractivity contribution >= 4 is 11.9 Å². The van der Waals surface area contributed by atoms with Crippen LogP contribution in [0.1, 0.15) is 50.7 Å². The quantitative estimate of drug-likeness (QED) is 0.802. The summed E-state index contributed by atoms with van der Waals surface area (Å²) >= 11 is 0. The molecular weight excluding hydrogens is 318 g/mol. The van der Waals surface area contributed by atoms with Gasteiger partial charge < -0.3 is 14.8 Å². The van der Waals surface area contributed by atoms with Crippen molar-refractivity contribution in [2.45, 2.75) is 65.5 Å². The molecule has 5 nitrogen and oxygen atoms in total. The Labute approximate surface area is 150 Å². The lowest BCUT2D eigenvalue weighted by molar-refractivity contribution is -0.157. The summed E-state index contributed by atoms with van der Waals surface area (Å²) in [4.78, 5) is 24.2. The highest BCUT2D eigenvalue weighted by Gasteiger charge is 2.26. The maximum atomic E-state index is 12.2. The lowest BCUT2D eigenvalue weighted by Crippen LogP contribution is -2.46. The molecule has 0 unspecified atom stereocenters. The van der Waals surface area contributed by atoms with E-state index in [-0.39, 0.29) is 18.6 Å². The van der Waals surface area contributed by atoms with Gasteiger partial charge in [-0.2, -0.15) is 0 Å². The maximum Gasteiger partial charge on any atom is 0.344 e. The first-order valence-corrected chi connectivity index (χ1v) is 9.06. The average Bonchev–Trinajstić information content (AvgIpc) is 2.54. The summed E-state index contributed by atoms with van der Waals surface area (Å²) < 4.78 is 10.7. The fourth-order valence-corrected chi connectivity index (χ4v) is 3.27. The largest absolute Gasteiger partial charge is 0.482 e. The number of nitrogens with one attached hydrogen (secondary N) is 1. The zero-order valence-corrected chi connectivity index (χ0v) is 15.6. The molecule has 0 saturated heterocycles. The van der Waals surface area contributed by atoms with Crippen LogP contribution in [0.15, 0.2) is 18.2 Å². The van der Waals surface area contributed by atoms with E-state index in [1.54, 1.807) is 6.92 Å². The third-order valence-corrected chi connectivity index (χ3v) is 4.67. The van der Waals surface area contributed by atoms with E-state index in [1.807, 2.05) is 32.0 Å². The summed E-state index contributed by atoms with van der Waals surface area (Å²) in [5.41, 5.74) is 2.13. The molecule has 0 bridgehead atoms. The monoisotopic (exact) mass is 347 g/mol. The Morgan fingerprint density at radius 2 is 1.80 bits per heavy atom. The predicted octanol–water partition coefficient (Wildman–Crippen LogP) is 3.31. The topological polar surface area (TPSA) is 64.6 Å². The van der Waals surface area contributed by atoms with Crippen molar-refractivity contribution in [3.63, 3.8) is 0 Å². The second-order valence-corrected chi connectivity index (χ2v) is 7.12. The molecule has 0 heterocycles. The Morgan fingerprint density at radius 1 is 1.16 bits per heavy atom. The van der Waals surface area contributed by atoms with Crippen LogP contribution < -0.4 is 10.1 Å². The molecular formula is C20H29NO4. The molecule has 1 N–H and O–H groups in total. The summed E-state index contributed by atoms with van der Waals surface area (Å²) in [6.07, 6.45) is 3.65. The molecule has 2 rings (SSSR count). The number of carbonyl (C=O) groups is 2. The number of benzene rings is 1. The van der Waals surface area contributed by atoms with Crippen LogP contribution >= 0.6 is 0 Å². The van der Waals surface area contributed by atoms with Crippen LogP contribution in [0.4, 0.5) is 0 Å². The van der Waals surface area contributed by atoms with Crippen LogP contribution in [0.5, 0.6) is 5.75 Å². The maximum absolute atomic E-state index is 12.2. The van der Waals surface area contributed by atoms with E-state index in [2.05, 4.69) is 12.2 Å². The molecule has 1 saturated carbocycles. The van der Waals surface area contributed by atoms with E-state index in [0.29, 0.717) is 11.7 Å². The minimum absolute atomic E-state index is 0.175. The molecule has 0 aromatic heterocycles. The minimum Gasteiger partial charge on any atom is -0.482 e. The minimum atomic E-state index is -0.815. The fourth-order valence-electron chi connectivity index (χ4n) is 3.27. The first-order valence-electron chi connectivity index (χ1n) is 9.06. The van der Waals surface area contributed by atoms with Gasteiger partial charge in [0.2, 0.25) is 0 Å². The number of hydrogen-bond acceptors (Lipinski definition) is 4. The standard InChI is InChI=1S/C20H29NO4/c1-13-9-14(2)11-17(10-13)24-12-19(22)25-16(4)20(23)21-18-8-6-5-7-15(18)3/h9-11,15-16,18H,5-8,12H2,1-4H3,(H,21,23)/t15-,16-,18+/m0/s1. The summed E-state index contributed by atoms with van der Waals surface area (Å²) in [6, 6.07) is 5.93. The molecule has 1 aromatic rings. The summed E-state index contributed by atoms with van der Waals surface area (Å²) in [5, 5.41) is 3.01. The van der Waals surface area contributed by atoms with Crippen LogP contribution in [0.2, 0.25) is 0 Å². The Balaban J connectivity index is 1.77. The molecule has 1 aliphatic carbocycles. The lowest BCUT2D eigenvalue weighted by atomic mass is 9.86. The molecule has 25 heavy (non-hydrogen) atoms. The van der Waals surface area contributed by atoms with Gasteiger partial charge in [-0.25, -0.2) is 4.79 Å². The first kappa shape index (κ1) is 19.3. The van der Waals surface area contributed by atoms with Gasteiger partial charge in [-0.15, -0.1) is 0 Å². The summed E-state index contributed by atoms with van der Waals surface area (Å²) in [5.74, 6) is 0.313. The van der Waals surface area contributed by atoms with Gasteiger partial charge in [0.1, 0.15) is 5.75 Å². The highest BCUT2D eigenvalue weighted by molar-refractivity contribution is 5.83. The van der Waals surface area contributed by atoms with E-state index in [0.717, 1.165) is 30.4 Å². The molecule has 3 atom stereocenters. The van der Waals surface area contributed by atoms with Crippen molar-refractivity contribution in [2.24, 2.45) is 5.92 Å². The number of hydrogen-bond donors (Lipinski definition) is 1. The van der Waals surface area contributed by atoms with Crippen molar-refractivity contribution in [2.75, 3.05) is 6.61 Å². The van der Waals surface area contributed by atoms with Gasteiger partial charge in [0.15, 0.2) is 12.7 Å². The van der Waals surface area contributed by atoms with Gasteiger partial charge in [0.05, 0.1) is 0 Å². The second kappa shape index (κ2) is 8.88. The number of esters is 1. The van der Waals surface area contributed by atoms with Crippen molar-refractivity contribution in [3.8, 4) is 5.75 Å². The van der Waals surface area contributed by atoms with E-state index >= 15 is 0 Å². The smallest absolute Gasteiger partial charge is 0.344 e. The number of amides is 1. The van der Waals surface area contributed by atoms with Crippen molar-refractivity contribution in [3.05, 3.63) is 29.3 Å². The molecule has 138 valence electrons. The molecule has 1 fully saturated rings. The van der Waals surface area contributed by atoms with Crippen LogP contribution in [-0.2, 0) is 14.3 Å². The van der Waals surface area contributed by atoms with Crippen LogP contribution in [-0.4, -0.2) is 30.6 Å². The van der Waals surface area contributed by atoms with Crippen molar-refractivity contribution < 1.29 is 19.1 Å². The number of aryl methyl sites for hydroxylation is 2. The second-order valence-electron chi connectivity index (χ2n) is 7.12. The van der Waals surface area contributed by atoms with Gasteiger partial charge in [0.25, 0.3) is 5.91 Å². The molecule has 1 aliphatic rings. The molecule has 0 radical (unpaired) electrons. The first-order chi connectivity index (χ1) is 11.8. The normalized spacial score (nSPS) is 21.3. The highest BCUT2D eigenvalue weighted by Crippen LogP contribution is 2.23. The van der Waals surface area contributed by atoms with Crippen LogP contribution in [0.25, 0.3) is 0 Å². The fraction of sp³-hybridized carbons (Fsp3) is 0.600. The third kappa shape index (κ3) is 6.07. The Morgan fingerprint density at radius 3 is 2.44 bits per heavy atom. The third-order valence-electron chi connectivity index (χ3n) is 4.67. The average molecular weight is 347 g/mol. The van der Waals surface area contributed by atoms with E-state index in [1.165, 1.54) is 6.42 Å². The van der Waals surface area contributed by atoms with Gasteiger partial charge in [-0.05, 0) is 62.8 Å². The molecule has 0 spiro atoms. The lowest BCUT2D eigenvalue weighted by Gasteiger charge is -2.30. The van der Waals surface area contributed by atoms with Gasteiger partial charge in [-0.3, -0.25) is 4.79 Å². The SMILES string of the molecule is Cc1cc(C)cc(OCC(=O)O[C@@H](C)C(=O)N[C@@H]2CCCC[C@@H]2C)c1. The van der Waals surface area contributed by atoms with Gasteiger partial charge in [0, 0.05) is 6.04 Å². The zero-order valence-electron chi connectivity index (χ0n) is 15.6. The number of rotatable bonds is 6. The highest BCUT2D eigenvalue weighted by atomic mass is 16.6. The van der Waals surface area contributed by atoms with E-state index in [9.17, 15) is 9.59 Å². The van der Waals surface area contributed by atoms with Crippen molar-refractivity contribution in [1.29, 1.82) is 0 Å².